The Morgan fingerprint density at radius 1 is 1.33 bits per heavy atom. The normalized spacial score (nSPS) is 11.0. The number of ether oxygens (including phenoxy) is 1. The van der Waals surface area contributed by atoms with E-state index in [-0.39, 0.29) is 0 Å². The first-order chi connectivity index (χ1) is 10.3. The maximum atomic E-state index is 5.70. The van der Waals surface area contributed by atoms with Crippen molar-refractivity contribution in [3.05, 3.63) is 47.8 Å². The molecule has 1 aromatic carbocycles. The van der Waals surface area contributed by atoms with Crippen molar-refractivity contribution in [2.45, 2.75) is 17.5 Å². The molecule has 3 N–H and O–H groups in total. The Kier molecular flexibility index (Phi) is 4.08. The van der Waals surface area contributed by atoms with E-state index in [4.69, 9.17) is 10.5 Å². The summed E-state index contributed by atoms with van der Waals surface area (Å²) in [7, 11) is 1.66. The molecule has 0 radical (unpaired) electrons. The van der Waals surface area contributed by atoms with Crippen LogP contribution in [0.15, 0.2) is 41.7 Å². The molecule has 3 aromatic rings. The summed E-state index contributed by atoms with van der Waals surface area (Å²) in [4.78, 5) is 12.1. The third-order valence-corrected chi connectivity index (χ3v) is 4.13. The average molecular weight is 300 g/mol. The SMILES string of the molecule is COc1ccc2nc(SCc3cccnc3CN)[nH]c2c1. The van der Waals surface area contributed by atoms with Gasteiger partial charge in [0.05, 0.1) is 23.8 Å². The highest BCUT2D eigenvalue weighted by Gasteiger charge is 2.07. The van der Waals surface area contributed by atoms with E-state index >= 15 is 0 Å². The van der Waals surface area contributed by atoms with Gasteiger partial charge in [0.25, 0.3) is 0 Å². The van der Waals surface area contributed by atoms with Crippen LogP contribution in [0.1, 0.15) is 11.3 Å². The number of methoxy groups -OCH3 is 1. The molecule has 0 aliphatic heterocycles. The molecule has 6 heteroatoms. The molecular formula is C15H16N4OS. The van der Waals surface area contributed by atoms with Crippen molar-refractivity contribution in [1.29, 1.82) is 0 Å². The number of thioether (sulfide) groups is 1. The van der Waals surface area contributed by atoms with E-state index in [0.717, 1.165) is 38.9 Å². The fourth-order valence-corrected chi connectivity index (χ4v) is 2.99. The Labute approximate surface area is 126 Å². The number of nitrogens with zero attached hydrogens (tertiary/aromatic N) is 2. The van der Waals surface area contributed by atoms with Gasteiger partial charge in [-0.3, -0.25) is 4.98 Å². The molecule has 0 bridgehead atoms. The number of fused-ring (bicyclic) bond motifs is 1. The second kappa shape index (κ2) is 6.15. The van der Waals surface area contributed by atoms with Gasteiger partial charge < -0.3 is 15.5 Å². The molecule has 0 saturated heterocycles. The van der Waals surface area contributed by atoms with Crippen molar-refractivity contribution < 1.29 is 4.74 Å². The summed E-state index contributed by atoms with van der Waals surface area (Å²) >= 11 is 1.64. The van der Waals surface area contributed by atoms with E-state index in [9.17, 15) is 0 Å². The van der Waals surface area contributed by atoms with Crippen LogP contribution in [0, 0.1) is 0 Å². The van der Waals surface area contributed by atoms with Gasteiger partial charge in [-0.15, -0.1) is 0 Å². The Balaban J connectivity index is 1.79. The summed E-state index contributed by atoms with van der Waals surface area (Å²) in [5.74, 6) is 1.61. The molecule has 21 heavy (non-hydrogen) atoms. The molecule has 0 aliphatic carbocycles. The third kappa shape index (κ3) is 3.01. The van der Waals surface area contributed by atoms with Crippen molar-refractivity contribution in [3.8, 4) is 5.75 Å². The molecule has 108 valence electrons. The van der Waals surface area contributed by atoms with E-state index in [1.807, 2.05) is 30.3 Å². The number of imidazole rings is 1. The van der Waals surface area contributed by atoms with Crippen LogP contribution in [-0.4, -0.2) is 22.1 Å². The standard InChI is InChI=1S/C15H16N4OS/c1-20-11-4-5-12-13(7-11)19-15(18-12)21-9-10-3-2-6-17-14(10)8-16/h2-7H,8-9,16H2,1H3,(H,18,19). The summed E-state index contributed by atoms with van der Waals surface area (Å²) in [5.41, 5.74) is 9.69. The predicted molar refractivity (Wildman–Crippen MR) is 84.3 cm³/mol. The number of H-pyrrole nitrogens is 1. The van der Waals surface area contributed by atoms with E-state index in [1.54, 1.807) is 25.1 Å². The van der Waals surface area contributed by atoms with Gasteiger partial charge in [-0.2, -0.15) is 0 Å². The molecule has 2 aromatic heterocycles. The van der Waals surface area contributed by atoms with Gasteiger partial charge in [-0.25, -0.2) is 4.98 Å². The van der Waals surface area contributed by atoms with Gasteiger partial charge in [-0.1, -0.05) is 17.8 Å². The molecule has 5 nitrogen and oxygen atoms in total. The van der Waals surface area contributed by atoms with Gasteiger partial charge in [0.1, 0.15) is 5.75 Å². The zero-order valence-electron chi connectivity index (χ0n) is 11.7. The Morgan fingerprint density at radius 2 is 2.24 bits per heavy atom. The summed E-state index contributed by atoms with van der Waals surface area (Å²) in [6.07, 6.45) is 1.77. The van der Waals surface area contributed by atoms with Crippen LogP contribution in [0.3, 0.4) is 0 Å². The Hall–Kier alpha value is -2.05. The molecule has 0 fully saturated rings. The second-order valence-corrected chi connectivity index (χ2v) is 5.49. The second-order valence-electron chi connectivity index (χ2n) is 4.53. The number of nitrogens with two attached hydrogens (primary N) is 1. The number of aromatic amines is 1. The molecule has 0 saturated carbocycles. The summed E-state index contributed by atoms with van der Waals surface area (Å²) < 4.78 is 5.21. The van der Waals surface area contributed by atoms with Crippen LogP contribution in [0.2, 0.25) is 0 Å². The highest BCUT2D eigenvalue weighted by atomic mass is 32.2. The molecule has 0 atom stereocenters. The van der Waals surface area contributed by atoms with E-state index in [1.165, 1.54) is 0 Å². The van der Waals surface area contributed by atoms with Crippen LogP contribution < -0.4 is 10.5 Å². The number of hydrogen-bond acceptors (Lipinski definition) is 5. The summed E-state index contributed by atoms with van der Waals surface area (Å²) in [6.45, 7) is 0.452. The fraction of sp³-hybridized carbons (Fsp3) is 0.200. The zero-order valence-corrected chi connectivity index (χ0v) is 12.5. The number of nitrogens with one attached hydrogen (secondary N) is 1. The number of pyridine rings is 1. The molecule has 0 unspecified atom stereocenters. The average Bonchev–Trinajstić information content (AvgIpc) is 2.94. The van der Waals surface area contributed by atoms with Crippen molar-refractivity contribution in [3.63, 3.8) is 0 Å². The van der Waals surface area contributed by atoms with Crippen LogP contribution in [0.5, 0.6) is 5.75 Å². The number of benzene rings is 1. The highest BCUT2D eigenvalue weighted by molar-refractivity contribution is 7.98. The lowest BCUT2D eigenvalue weighted by Crippen LogP contribution is -2.03. The molecule has 0 aliphatic rings. The monoisotopic (exact) mass is 300 g/mol. The van der Waals surface area contributed by atoms with Crippen LogP contribution in [-0.2, 0) is 12.3 Å². The molecule has 0 spiro atoms. The van der Waals surface area contributed by atoms with E-state index in [0.29, 0.717) is 6.54 Å². The zero-order chi connectivity index (χ0) is 14.7. The summed E-state index contributed by atoms with van der Waals surface area (Å²) in [6, 6.07) is 9.78. The van der Waals surface area contributed by atoms with Crippen molar-refractivity contribution in [2.75, 3.05) is 7.11 Å². The van der Waals surface area contributed by atoms with Crippen LogP contribution in [0.4, 0.5) is 0 Å². The maximum absolute atomic E-state index is 5.70. The predicted octanol–water partition coefficient (Wildman–Crippen LogP) is 2.72. The van der Waals surface area contributed by atoms with Gasteiger partial charge in [0, 0.05) is 24.6 Å². The summed E-state index contributed by atoms with van der Waals surface area (Å²) in [5, 5.41) is 0.880. The van der Waals surface area contributed by atoms with Crippen molar-refractivity contribution >= 4 is 22.8 Å². The molecule has 3 rings (SSSR count). The quantitative estimate of drug-likeness (QED) is 0.708. The van der Waals surface area contributed by atoms with Crippen LogP contribution in [0.25, 0.3) is 11.0 Å². The lowest BCUT2D eigenvalue weighted by Gasteiger charge is -2.04. The minimum atomic E-state index is 0.452. The smallest absolute Gasteiger partial charge is 0.166 e. The van der Waals surface area contributed by atoms with Crippen LogP contribution >= 0.6 is 11.8 Å². The largest absolute Gasteiger partial charge is 0.497 e. The third-order valence-electron chi connectivity index (χ3n) is 3.21. The Morgan fingerprint density at radius 3 is 3.05 bits per heavy atom. The topological polar surface area (TPSA) is 76.8 Å². The first-order valence-corrected chi connectivity index (χ1v) is 7.58. The number of hydrogen-bond donors (Lipinski definition) is 2. The maximum Gasteiger partial charge on any atom is 0.166 e. The first kappa shape index (κ1) is 13.9. The lowest BCUT2D eigenvalue weighted by molar-refractivity contribution is 0.415. The van der Waals surface area contributed by atoms with E-state index < -0.39 is 0 Å². The number of aromatic nitrogens is 3. The highest BCUT2D eigenvalue weighted by Crippen LogP contribution is 2.25. The van der Waals surface area contributed by atoms with Gasteiger partial charge in [0.15, 0.2) is 5.16 Å². The molecular weight excluding hydrogens is 284 g/mol. The number of rotatable bonds is 5. The Bertz CT molecular complexity index is 756. The minimum Gasteiger partial charge on any atom is -0.497 e. The molecule has 0 amide bonds. The first-order valence-electron chi connectivity index (χ1n) is 6.59. The van der Waals surface area contributed by atoms with E-state index in [2.05, 4.69) is 15.0 Å². The minimum absolute atomic E-state index is 0.452. The van der Waals surface area contributed by atoms with Crippen molar-refractivity contribution in [1.82, 2.24) is 15.0 Å². The van der Waals surface area contributed by atoms with Crippen molar-refractivity contribution in [2.24, 2.45) is 5.73 Å². The van der Waals surface area contributed by atoms with Gasteiger partial charge >= 0.3 is 0 Å². The van der Waals surface area contributed by atoms with Gasteiger partial charge in [-0.05, 0) is 23.8 Å². The fourth-order valence-electron chi connectivity index (χ4n) is 2.09. The lowest BCUT2D eigenvalue weighted by atomic mass is 10.2. The van der Waals surface area contributed by atoms with Gasteiger partial charge in [0.2, 0.25) is 0 Å². The molecule has 2 heterocycles.